The number of rotatable bonds is 8. The number of carbonyl (C=O) groups is 2. The predicted octanol–water partition coefficient (Wildman–Crippen LogP) is 2.59. The van der Waals surface area contributed by atoms with Crippen LogP contribution >= 0.6 is 0 Å². The normalized spacial score (nSPS) is 11.5. The number of amides is 2. The minimum absolute atomic E-state index is 0.0794. The van der Waals surface area contributed by atoms with E-state index in [1.165, 1.54) is 12.3 Å². The van der Waals surface area contributed by atoms with Crippen molar-refractivity contribution in [3.63, 3.8) is 0 Å². The topological polar surface area (TPSA) is 80.3 Å². The van der Waals surface area contributed by atoms with E-state index in [2.05, 4.69) is 15.6 Å². The van der Waals surface area contributed by atoms with E-state index in [0.29, 0.717) is 18.5 Å². The molecule has 0 aliphatic carbocycles. The molecule has 1 unspecified atom stereocenters. The van der Waals surface area contributed by atoms with Gasteiger partial charge in [-0.25, -0.2) is 0 Å². The van der Waals surface area contributed by atoms with Crippen LogP contribution in [-0.2, 0) is 6.42 Å². The summed E-state index contributed by atoms with van der Waals surface area (Å²) in [7, 11) is 1.62. The van der Waals surface area contributed by atoms with Crippen LogP contribution in [0.3, 0.4) is 0 Å². The molecule has 138 valence electrons. The Labute approximate surface area is 154 Å². The molecular weight excluding hydrogens is 330 g/mol. The molecule has 26 heavy (non-hydrogen) atoms. The Balaban J connectivity index is 1.92. The van der Waals surface area contributed by atoms with E-state index in [4.69, 9.17) is 4.74 Å². The van der Waals surface area contributed by atoms with Gasteiger partial charge in [0.1, 0.15) is 11.4 Å². The molecule has 1 heterocycles. The fraction of sp³-hybridized carbons (Fsp3) is 0.350. The van der Waals surface area contributed by atoms with Gasteiger partial charge in [-0.1, -0.05) is 19.1 Å². The van der Waals surface area contributed by atoms with E-state index in [-0.39, 0.29) is 23.6 Å². The number of carbonyl (C=O) groups excluding carboxylic acids is 2. The van der Waals surface area contributed by atoms with Crippen LogP contribution in [0.15, 0.2) is 42.6 Å². The Bertz CT molecular complexity index is 761. The molecule has 2 aromatic rings. The lowest BCUT2D eigenvalue weighted by molar-refractivity contribution is 0.0939. The largest absolute Gasteiger partial charge is 0.497 e. The van der Waals surface area contributed by atoms with Crippen molar-refractivity contribution in [1.82, 2.24) is 15.6 Å². The maximum absolute atomic E-state index is 12.3. The number of pyridine rings is 1. The molecule has 2 amide bonds. The van der Waals surface area contributed by atoms with Gasteiger partial charge in [-0.3, -0.25) is 14.6 Å². The minimum atomic E-state index is -0.300. The van der Waals surface area contributed by atoms with Crippen LogP contribution < -0.4 is 15.4 Å². The summed E-state index contributed by atoms with van der Waals surface area (Å²) in [6.45, 7) is 4.40. The zero-order valence-electron chi connectivity index (χ0n) is 15.4. The molecule has 6 heteroatoms. The average molecular weight is 355 g/mol. The minimum Gasteiger partial charge on any atom is -0.497 e. The summed E-state index contributed by atoms with van der Waals surface area (Å²) >= 11 is 0. The van der Waals surface area contributed by atoms with Crippen LogP contribution in [0.2, 0.25) is 0 Å². The molecule has 0 bridgehead atoms. The Kier molecular flexibility index (Phi) is 7.14. The standard InChI is InChI=1S/C20H25N3O3/c1-4-14(2)23-19(24)16-9-11-21-18(13-16)20(25)22-10-8-15-6-5-7-17(12-15)26-3/h5-7,9,11-14H,4,8,10H2,1-3H3,(H,22,25)(H,23,24). The van der Waals surface area contributed by atoms with Gasteiger partial charge in [0.2, 0.25) is 0 Å². The van der Waals surface area contributed by atoms with Gasteiger partial charge >= 0.3 is 0 Å². The summed E-state index contributed by atoms with van der Waals surface area (Å²) in [5, 5.41) is 5.71. The maximum atomic E-state index is 12.3. The van der Waals surface area contributed by atoms with Crippen molar-refractivity contribution < 1.29 is 14.3 Å². The Morgan fingerprint density at radius 1 is 1.19 bits per heavy atom. The van der Waals surface area contributed by atoms with Crippen molar-refractivity contribution >= 4 is 11.8 Å². The Morgan fingerprint density at radius 3 is 2.73 bits per heavy atom. The summed E-state index contributed by atoms with van der Waals surface area (Å²) in [6, 6.07) is 10.9. The van der Waals surface area contributed by atoms with Gasteiger partial charge in [0.05, 0.1) is 7.11 Å². The van der Waals surface area contributed by atoms with E-state index in [1.54, 1.807) is 13.2 Å². The van der Waals surface area contributed by atoms with Crippen LogP contribution in [0.25, 0.3) is 0 Å². The summed E-state index contributed by atoms with van der Waals surface area (Å²) in [6.07, 6.45) is 2.99. The van der Waals surface area contributed by atoms with Gasteiger partial charge in [-0.2, -0.15) is 0 Å². The molecule has 1 atom stereocenters. The van der Waals surface area contributed by atoms with Gasteiger partial charge in [-0.05, 0) is 49.6 Å². The quantitative estimate of drug-likeness (QED) is 0.763. The van der Waals surface area contributed by atoms with Crippen molar-refractivity contribution in [2.45, 2.75) is 32.7 Å². The molecule has 6 nitrogen and oxygen atoms in total. The lowest BCUT2D eigenvalue weighted by Gasteiger charge is -2.11. The van der Waals surface area contributed by atoms with E-state index in [1.807, 2.05) is 38.1 Å². The monoisotopic (exact) mass is 355 g/mol. The van der Waals surface area contributed by atoms with Gasteiger partial charge in [0, 0.05) is 24.3 Å². The molecule has 2 N–H and O–H groups in total. The number of aromatic nitrogens is 1. The number of methoxy groups -OCH3 is 1. The summed E-state index contributed by atoms with van der Waals surface area (Å²) in [4.78, 5) is 28.5. The highest BCUT2D eigenvalue weighted by molar-refractivity contribution is 5.98. The van der Waals surface area contributed by atoms with Crippen LogP contribution in [0.1, 0.15) is 46.7 Å². The van der Waals surface area contributed by atoms with E-state index >= 15 is 0 Å². The molecule has 0 spiro atoms. The first-order valence-electron chi connectivity index (χ1n) is 8.71. The van der Waals surface area contributed by atoms with Gasteiger partial charge in [0.25, 0.3) is 11.8 Å². The third kappa shape index (κ3) is 5.58. The van der Waals surface area contributed by atoms with Crippen LogP contribution in [-0.4, -0.2) is 36.5 Å². The molecule has 0 radical (unpaired) electrons. The highest BCUT2D eigenvalue weighted by atomic mass is 16.5. The molecule has 0 aliphatic heterocycles. The fourth-order valence-electron chi connectivity index (χ4n) is 2.34. The predicted molar refractivity (Wildman–Crippen MR) is 100 cm³/mol. The molecule has 1 aromatic heterocycles. The lowest BCUT2D eigenvalue weighted by Crippen LogP contribution is -2.32. The van der Waals surface area contributed by atoms with Crippen molar-refractivity contribution in [2.24, 2.45) is 0 Å². The first-order valence-corrected chi connectivity index (χ1v) is 8.71. The Hall–Kier alpha value is -2.89. The van der Waals surface area contributed by atoms with Crippen molar-refractivity contribution in [2.75, 3.05) is 13.7 Å². The Morgan fingerprint density at radius 2 is 2.00 bits per heavy atom. The maximum Gasteiger partial charge on any atom is 0.269 e. The lowest BCUT2D eigenvalue weighted by atomic mass is 10.1. The van der Waals surface area contributed by atoms with E-state index in [0.717, 1.165) is 17.7 Å². The van der Waals surface area contributed by atoms with E-state index < -0.39 is 0 Å². The third-order valence-electron chi connectivity index (χ3n) is 4.08. The molecule has 0 aliphatic rings. The number of hydrogen-bond donors (Lipinski definition) is 2. The average Bonchev–Trinajstić information content (AvgIpc) is 2.68. The van der Waals surface area contributed by atoms with Crippen molar-refractivity contribution in [3.05, 3.63) is 59.4 Å². The second-order valence-corrected chi connectivity index (χ2v) is 6.07. The summed E-state index contributed by atoms with van der Waals surface area (Å²) < 4.78 is 5.19. The first kappa shape index (κ1) is 19.4. The van der Waals surface area contributed by atoms with Crippen LogP contribution in [0.4, 0.5) is 0 Å². The van der Waals surface area contributed by atoms with Crippen LogP contribution in [0, 0.1) is 0 Å². The van der Waals surface area contributed by atoms with Gasteiger partial charge < -0.3 is 15.4 Å². The number of benzene rings is 1. The number of hydrogen-bond acceptors (Lipinski definition) is 4. The molecular formula is C20H25N3O3. The smallest absolute Gasteiger partial charge is 0.269 e. The number of nitrogens with zero attached hydrogens (tertiary/aromatic N) is 1. The molecule has 1 aromatic carbocycles. The van der Waals surface area contributed by atoms with Gasteiger partial charge in [0.15, 0.2) is 0 Å². The van der Waals surface area contributed by atoms with Gasteiger partial charge in [-0.15, -0.1) is 0 Å². The second-order valence-electron chi connectivity index (χ2n) is 6.07. The molecule has 2 rings (SSSR count). The summed E-state index contributed by atoms with van der Waals surface area (Å²) in [5.74, 6) is 0.286. The van der Waals surface area contributed by atoms with Crippen molar-refractivity contribution in [1.29, 1.82) is 0 Å². The molecule has 0 saturated heterocycles. The third-order valence-corrected chi connectivity index (χ3v) is 4.08. The SMILES string of the molecule is CCC(C)NC(=O)c1ccnc(C(=O)NCCc2cccc(OC)c2)c1. The zero-order valence-corrected chi connectivity index (χ0v) is 15.4. The highest BCUT2D eigenvalue weighted by Crippen LogP contribution is 2.12. The highest BCUT2D eigenvalue weighted by Gasteiger charge is 2.13. The van der Waals surface area contributed by atoms with Crippen LogP contribution in [0.5, 0.6) is 5.75 Å². The summed E-state index contributed by atoms with van der Waals surface area (Å²) in [5.41, 5.74) is 1.73. The first-order chi connectivity index (χ1) is 12.5. The van der Waals surface area contributed by atoms with Crippen molar-refractivity contribution in [3.8, 4) is 5.75 Å². The van der Waals surface area contributed by atoms with E-state index in [9.17, 15) is 9.59 Å². The molecule has 0 fully saturated rings. The fourth-order valence-corrected chi connectivity index (χ4v) is 2.34. The zero-order chi connectivity index (χ0) is 18.9. The number of ether oxygens (including phenoxy) is 1. The second kappa shape index (κ2) is 9.56. The molecule has 0 saturated carbocycles. The number of nitrogens with one attached hydrogen (secondary N) is 2.